The van der Waals surface area contributed by atoms with Crippen LogP contribution >= 0.6 is 0 Å². The predicted molar refractivity (Wildman–Crippen MR) is 145 cm³/mol. The van der Waals surface area contributed by atoms with Crippen LogP contribution < -0.4 is 4.31 Å². The number of cyclic esters (lactones) is 2. The number of alkyl halides is 3. The molecule has 7 nitrogen and oxygen atoms in total. The number of ether oxygens (including phenoxy) is 2. The number of hydrogen-bond acceptors (Lipinski definition) is 6. The molecule has 0 fully saturated rings. The Balaban J connectivity index is 0.00000147. The third-order valence-corrected chi connectivity index (χ3v) is 7.71. The van der Waals surface area contributed by atoms with Gasteiger partial charge < -0.3 is 14.6 Å². The van der Waals surface area contributed by atoms with Crippen molar-refractivity contribution >= 4 is 27.4 Å². The minimum absolute atomic E-state index is 0.0114. The maximum absolute atomic E-state index is 14.1. The van der Waals surface area contributed by atoms with E-state index >= 15 is 0 Å². The maximum Gasteiger partial charge on any atom is 0.509 e. The van der Waals surface area contributed by atoms with Crippen LogP contribution in [-0.4, -0.2) is 45.6 Å². The fourth-order valence-electron chi connectivity index (χ4n) is 4.00. The average molecular weight is 596 g/mol. The molecule has 0 radical (unpaired) electrons. The molecular weight excluding hydrogens is 566 g/mol. The van der Waals surface area contributed by atoms with Crippen LogP contribution in [0.1, 0.15) is 36.1 Å². The number of aliphatic hydroxyl groups is 1. The summed E-state index contributed by atoms with van der Waals surface area (Å²) in [5.41, 5.74) is 0.908. The molecule has 1 aliphatic rings. The number of rotatable bonds is 3. The quantitative estimate of drug-likeness (QED) is 0.272. The molecule has 1 aliphatic heterocycles. The van der Waals surface area contributed by atoms with Crippen LogP contribution in [0.15, 0.2) is 83.8 Å². The highest BCUT2D eigenvalue weighted by molar-refractivity contribution is 7.92. The smallest absolute Gasteiger partial charge is 0.434 e. The Labute approximate surface area is 235 Å². The summed E-state index contributed by atoms with van der Waals surface area (Å²) in [5.74, 6) is -0.488. The van der Waals surface area contributed by atoms with Gasteiger partial charge in [0.25, 0.3) is 10.0 Å². The summed E-state index contributed by atoms with van der Waals surface area (Å²) in [7, 11) is -4.39. The zero-order valence-electron chi connectivity index (χ0n) is 22.3. The molecule has 0 saturated heterocycles. The van der Waals surface area contributed by atoms with E-state index in [0.29, 0.717) is 11.1 Å². The first kappa shape index (κ1) is 31.6. The Kier molecular flexibility index (Phi) is 10.5. The molecule has 220 valence electrons. The van der Waals surface area contributed by atoms with Gasteiger partial charge in [0.05, 0.1) is 23.7 Å². The number of anilines is 1. The molecule has 1 heterocycles. The lowest BCUT2D eigenvalue weighted by Crippen LogP contribution is -2.35. The van der Waals surface area contributed by atoms with Gasteiger partial charge in [-0.15, -0.1) is 0 Å². The lowest BCUT2D eigenvalue weighted by atomic mass is 10.0. The first-order valence-electron chi connectivity index (χ1n) is 12.5. The summed E-state index contributed by atoms with van der Waals surface area (Å²) in [6.45, 7) is 2.99. The molecule has 4 rings (SSSR count). The Morgan fingerprint density at radius 3 is 2.22 bits per heavy atom. The first-order valence-corrected chi connectivity index (χ1v) is 14.0. The molecule has 0 amide bonds. The van der Waals surface area contributed by atoms with E-state index in [2.05, 4.69) is 4.74 Å². The Bertz CT molecular complexity index is 1460. The number of para-hydroxylation sites is 1. The molecule has 3 aromatic rings. The van der Waals surface area contributed by atoms with Crippen molar-refractivity contribution in [1.29, 1.82) is 0 Å². The van der Waals surface area contributed by atoms with Gasteiger partial charge in [-0.2, -0.15) is 13.2 Å². The molecule has 0 saturated carbocycles. The Hall–Kier alpha value is -3.90. The highest BCUT2D eigenvalue weighted by Gasteiger charge is 2.47. The van der Waals surface area contributed by atoms with Crippen LogP contribution in [0.2, 0.25) is 0 Å². The minimum Gasteiger partial charge on any atom is -0.434 e. The largest absolute Gasteiger partial charge is 0.509 e. The molecule has 0 aromatic heterocycles. The van der Waals surface area contributed by atoms with Crippen molar-refractivity contribution in [3.63, 3.8) is 0 Å². The summed E-state index contributed by atoms with van der Waals surface area (Å²) in [6.07, 6.45) is -7.88. The van der Waals surface area contributed by atoms with Crippen molar-refractivity contribution in [2.75, 3.05) is 24.1 Å². The molecule has 1 N–H and O–H groups in total. The average Bonchev–Trinajstić information content (AvgIpc) is 2.91. The van der Waals surface area contributed by atoms with E-state index < -0.39 is 39.8 Å². The normalized spacial score (nSPS) is 17.7. The lowest BCUT2D eigenvalue weighted by molar-refractivity contribution is -0.211. The molecule has 0 unspecified atom stereocenters. The van der Waals surface area contributed by atoms with E-state index in [1.807, 2.05) is 0 Å². The summed E-state index contributed by atoms with van der Waals surface area (Å²) in [4.78, 5) is 12.1. The lowest BCUT2D eigenvalue weighted by Gasteiger charge is -2.30. The van der Waals surface area contributed by atoms with E-state index in [1.54, 1.807) is 26.0 Å². The van der Waals surface area contributed by atoms with Crippen LogP contribution in [0.4, 0.5) is 28.0 Å². The third-order valence-electron chi connectivity index (χ3n) is 5.92. The van der Waals surface area contributed by atoms with Gasteiger partial charge in [0.2, 0.25) is 6.10 Å². The second kappa shape index (κ2) is 13.6. The number of fused-ring (bicyclic) bond motifs is 1. The van der Waals surface area contributed by atoms with E-state index in [1.165, 1.54) is 60.7 Å². The molecule has 0 bridgehead atoms. The van der Waals surface area contributed by atoms with Crippen molar-refractivity contribution in [3.05, 3.63) is 101 Å². The molecule has 41 heavy (non-hydrogen) atoms. The van der Waals surface area contributed by atoms with Crippen molar-refractivity contribution < 1.29 is 45.4 Å². The number of benzene rings is 3. The second-order valence-corrected chi connectivity index (χ2v) is 10.7. The first-order chi connectivity index (χ1) is 19.4. The van der Waals surface area contributed by atoms with E-state index in [-0.39, 0.29) is 36.8 Å². The molecule has 0 aliphatic carbocycles. The number of halogens is 4. The number of aryl methyl sites for hydroxylation is 1. The zero-order chi connectivity index (χ0) is 30.2. The van der Waals surface area contributed by atoms with Gasteiger partial charge in [-0.1, -0.05) is 54.1 Å². The molecule has 0 spiro atoms. The van der Waals surface area contributed by atoms with Gasteiger partial charge in [-0.3, -0.25) is 4.31 Å². The molecule has 12 heteroatoms. The fraction of sp³-hybridized carbons (Fsp3) is 0.276. The second-order valence-electron chi connectivity index (χ2n) is 8.85. The highest BCUT2D eigenvalue weighted by Crippen LogP contribution is 2.42. The van der Waals surface area contributed by atoms with Gasteiger partial charge in [0.15, 0.2) is 0 Å². The third kappa shape index (κ3) is 8.08. The topological polar surface area (TPSA) is 93.1 Å². The maximum atomic E-state index is 14.1. The summed E-state index contributed by atoms with van der Waals surface area (Å²) >= 11 is 0. The minimum atomic E-state index is -5.06. The van der Waals surface area contributed by atoms with E-state index in [4.69, 9.17) is 9.84 Å². The number of sulfonamides is 1. The van der Waals surface area contributed by atoms with Crippen LogP contribution in [0, 0.1) is 12.7 Å². The van der Waals surface area contributed by atoms with Crippen LogP contribution in [0.25, 0.3) is 5.57 Å². The van der Waals surface area contributed by atoms with Crippen molar-refractivity contribution in [2.24, 2.45) is 0 Å². The summed E-state index contributed by atoms with van der Waals surface area (Å²) in [6, 6.07) is 16.2. The number of aliphatic hydroxyl groups excluding tert-OH is 1. The van der Waals surface area contributed by atoms with Crippen LogP contribution in [0.3, 0.4) is 0 Å². The zero-order valence-corrected chi connectivity index (χ0v) is 23.1. The van der Waals surface area contributed by atoms with Gasteiger partial charge in [-0.05, 0) is 55.3 Å². The fourth-order valence-corrected chi connectivity index (χ4v) is 5.43. The standard InChI is InChI=1S/C27H23F4NO5S.C2H6O/c1-18-6-12-22(13-7-18)38(34,35)32-16-14-20(19-8-10-21(28)11-9-19)15-17-36-26(33)37-25(27(29,30)31)23-4-2-3-5-24(23)32;1-2-3/h2-14,25H,15-17H2,1H3;3H,2H2,1H3/b20-14+;/t25-;/m0./s1. The highest BCUT2D eigenvalue weighted by atomic mass is 32.2. The van der Waals surface area contributed by atoms with Gasteiger partial charge in [-0.25, -0.2) is 17.6 Å². The number of carbonyl (C=O) groups excluding carboxylic acids is 1. The van der Waals surface area contributed by atoms with E-state index in [9.17, 15) is 30.8 Å². The van der Waals surface area contributed by atoms with Crippen LogP contribution in [0.5, 0.6) is 0 Å². The summed E-state index contributed by atoms with van der Waals surface area (Å²) < 4.78 is 93.8. The molecule has 3 aromatic carbocycles. The summed E-state index contributed by atoms with van der Waals surface area (Å²) in [5, 5.41) is 7.57. The number of nitrogens with zero attached hydrogens (tertiary/aromatic N) is 1. The van der Waals surface area contributed by atoms with Crippen molar-refractivity contribution in [1.82, 2.24) is 0 Å². The monoisotopic (exact) mass is 595 g/mol. The number of hydrogen-bond donors (Lipinski definition) is 1. The SMILES string of the molecule is CCO.Cc1ccc(S(=O)(=O)N2C/C=C(/c3ccc(F)cc3)CCOC(=O)O[C@H](C(F)(F)F)c3ccccc32)cc1. The van der Waals surface area contributed by atoms with Gasteiger partial charge in [0.1, 0.15) is 5.82 Å². The van der Waals surface area contributed by atoms with Gasteiger partial charge >= 0.3 is 12.3 Å². The molecule has 1 atom stereocenters. The predicted octanol–water partition coefficient (Wildman–Crippen LogP) is 6.57. The van der Waals surface area contributed by atoms with Crippen molar-refractivity contribution in [3.8, 4) is 0 Å². The van der Waals surface area contributed by atoms with Gasteiger partial charge in [0, 0.05) is 18.6 Å². The van der Waals surface area contributed by atoms with E-state index in [0.717, 1.165) is 15.9 Å². The number of carbonyl (C=O) groups is 1. The van der Waals surface area contributed by atoms with Crippen molar-refractivity contribution in [2.45, 2.75) is 37.4 Å². The molecular formula is C29H29F4NO6S. The Morgan fingerprint density at radius 2 is 1.61 bits per heavy atom. The van der Waals surface area contributed by atoms with Crippen LogP contribution in [-0.2, 0) is 19.5 Å². The Morgan fingerprint density at radius 1 is 1.00 bits per heavy atom.